The van der Waals surface area contributed by atoms with Crippen molar-refractivity contribution < 1.29 is 17.6 Å². The number of nitrogens with one attached hydrogen (secondary N) is 1. The van der Waals surface area contributed by atoms with Crippen molar-refractivity contribution >= 4 is 15.6 Å². The number of carbonyl (C=O) groups is 1. The molecule has 28 heavy (non-hydrogen) atoms. The average molecular weight is 407 g/mol. The van der Waals surface area contributed by atoms with E-state index in [0.29, 0.717) is 11.7 Å². The van der Waals surface area contributed by atoms with Gasteiger partial charge in [-0.3, -0.25) is 4.79 Å². The van der Waals surface area contributed by atoms with E-state index >= 15 is 0 Å². The van der Waals surface area contributed by atoms with Gasteiger partial charge in [0.05, 0.1) is 4.90 Å². The first-order valence-electron chi connectivity index (χ1n) is 9.76. The van der Waals surface area contributed by atoms with Crippen molar-refractivity contribution in [2.45, 2.75) is 56.8 Å². The number of Topliss-reactive ketones (excluding diaryl/α,β-unsaturated/α-hetero) is 1. The zero-order chi connectivity index (χ0) is 20.5. The van der Waals surface area contributed by atoms with Crippen LogP contribution in [0.5, 0.6) is 0 Å². The smallest absolute Gasteiger partial charge is 0.222 e. The summed E-state index contributed by atoms with van der Waals surface area (Å²) in [6, 6.07) is 6.68. The van der Waals surface area contributed by atoms with Gasteiger partial charge in [-0.05, 0) is 30.0 Å². The molecule has 1 unspecified atom stereocenters. The van der Waals surface area contributed by atoms with Gasteiger partial charge in [0.1, 0.15) is 5.82 Å². The van der Waals surface area contributed by atoms with Crippen LogP contribution in [0.2, 0.25) is 0 Å². The Morgan fingerprint density at radius 3 is 2.36 bits per heavy atom. The predicted molar refractivity (Wildman–Crippen MR) is 106 cm³/mol. The number of sulfone groups is 1. The monoisotopic (exact) mass is 406 g/mol. The van der Waals surface area contributed by atoms with Crippen molar-refractivity contribution in [1.29, 1.82) is 0 Å². The van der Waals surface area contributed by atoms with Gasteiger partial charge in [0.25, 0.3) is 0 Å². The summed E-state index contributed by atoms with van der Waals surface area (Å²) in [7, 11) is -3.28. The molecule has 0 aliphatic heterocycles. The number of halogens is 1. The highest BCUT2D eigenvalue weighted by atomic mass is 32.2. The van der Waals surface area contributed by atoms with Crippen molar-refractivity contribution in [1.82, 2.24) is 9.97 Å². The highest BCUT2D eigenvalue weighted by Crippen LogP contribution is 2.37. The fourth-order valence-electron chi connectivity index (χ4n) is 3.90. The number of imidazole rings is 1. The lowest BCUT2D eigenvalue weighted by Crippen LogP contribution is -2.11. The number of carbonyl (C=O) groups excluding carboxylic acids is 1. The highest BCUT2D eigenvalue weighted by molar-refractivity contribution is 7.90. The van der Waals surface area contributed by atoms with E-state index in [-0.39, 0.29) is 28.2 Å². The summed E-state index contributed by atoms with van der Waals surface area (Å²) in [5, 5.41) is 0. The molecule has 0 bridgehead atoms. The summed E-state index contributed by atoms with van der Waals surface area (Å²) in [5.41, 5.74) is 0.728. The molecule has 5 nitrogen and oxygen atoms in total. The lowest BCUT2D eigenvalue weighted by atomic mass is 9.87. The molecule has 0 spiro atoms. The van der Waals surface area contributed by atoms with Crippen LogP contribution in [-0.4, -0.2) is 30.4 Å². The zero-order valence-electron chi connectivity index (χ0n) is 16.5. The molecule has 1 heterocycles. The fraction of sp³-hybridized carbons (Fsp3) is 0.524. The first-order valence-corrected chi connectivity index (χ1v) is 11.7. The first kappa shape index (κ1) is 20.7. The Bertz CT molecular complexity index is 943. The van der Waals surface area contributed by atoms with Gasteiger partial charge >= 0.3 is 0 Å². The lowest BCUT2D eigenvalue weighted by molar-refractivity contribution is 0.0930. The largest absolute Gasteiger partial charge is 0.318 e. The summed E-state index contributed by atoms with van der Waals surface area (Å²) in [6.07, 6.45) is 6.59. The molecule has 7 heteroatoms. The minimum atomic E-state index is -3.28. The molecule has 1 fully saturated rings. The van der Waals surface area contributed by atoms with Crippen molar-refractivity contribution in [2.24, 2.45) is 11.8 Å². The van der Waals surface area contributed by atoms with Gasteiger partial charge in [0.2, 0.25) is 5.95 Å². The van der Waals surface area contributed by atoms with E-state index in [9.17, 15) is 17.6 Å². The van der Waals surface area contributed by atoms with Gasteiger partial charge in [-0.25, -0.2) is 13.4 Å². The molecule has 2 aromatic rings. The molecule has 1 aliphatic rings. The summed E-state index contributed by atoms with van der Waals surface area (Å²) in [5.74, 6) is -0.629. The summed E-state index contributed by atoms with van der Waals surface area (Å²) < 4.78 is 37.9. The summed E-state index contributed by atoms with van der Waals surface area (Å²) in [4.78, 5) is 19.5. The third-order valence-corrected chi connectivity index (χ3v) is 6.65. The number of H-pyrrole nitrogens is 1. The van der Waals surface area contributed by atoms with Crippen molar-refractivity contribution in [3.05, 3.63) is 47.3 Å². The molecule has 1 aromatic carbocycles. The highest BCUT2D eigenvalue weighted by Gasteiger charge is 2.28. The van der Waals surface area contributed by atoms with Crippen molar-refractivity contribution in [3.8, 4) is 0 Å². The van der Waals surface area contributed by atoms with Crippen LogP contribution in [0.1, 0.15) is 73.7 Å². The second kappa shape index (κ2) is 8.15. The SMILES string of the molecule is CC(C)C(=O)c1nc(C(CC2CCCC2)c2ccc(S(C)(=O)=O)cc2)[nH]c1F. The minimum absolute atomic E-state index is 0.144. The molecule has 1 aromatic heterocycles. The number of nitrogens with zero attached hydrogens (tertiary/aromatic N) is 1. The lowest BCUT2D eigenvalue weighted by Gasteiger charge is -2.19. The van der Waals surface area contributed by atoms with E-state index in [0.717, 1.165) is 24.8 Å². The molecule has 3 rings (SSSR count). The molecular formula is C21H27FN2O3S. The third kappa shape index (κ3) is 4.51. The van der Waals surface area contributed by atoms with Crippen LogP contribution in [0.25, 0.3) is 0 Å². The molecular weight excluding hydrogens is 379 g/mol. The maximum atomic E-state index is 14.4. The maximum absolute atomic E-state index is 14.4. The van der Waals surface area contributed by atoms with Crippen LogP contribution >= 0.6 is 0 Å². The Balaban J connectivity index is 1.98. The van der Waals surface area contributed by atoms with E-state index < -0.39 is 15.8 Å². The maximum Gasteiger partial charge on any atom is 0.222 e. The Kier molecular flexibility index (Phi) is 6.03. The number of rotatable bonds is 7. The van der Waals surface area contributed by atoms with Gasteiger partial charge < -0.3 is 4.98 Å². The number of aromatic amines is 1. The molecule has 1 aliphatic carbocycles. The van der Waals surface area contributed by atoms with Crippen LogP contribution in [0.4, 0.5) is 4.39 Å². The Hall–Kier alpha value is -2.02. The normalized spacial score (nSPS) is 16.6. The van der Waals surface area contributed by atoms with Crippen LogP contribution < -0.4 is 0 Å². The van der Waals surface area contributed by atoms with Crippen LogP contribution in [-0.2, 0) is 9.84 Å². The molecule has 0 radical (unpaired) electrons. The van der Waals surface area contributed by atoms with Crippen LogP contribution in [0.15, 0.2) is 29.2 Å². The molecule has 1 N–H and O–H groups in total. The van der Waals surface area contributed by atoms with E-state index in [1.807, 2.05) is 0 Å². The average Bonchev–Trinajstić information content (AvgIpc) is 3.27. The number of hydrogen-bond donors (Lipinski definition) is 1. The molecule has 1 saturated carbocycles. The summed E-state index contributed by atoms with van der Waals surface area (Å²) >= 11 is 0. The van der Waals surface area contributed by atoms with Gasteiger partial charge in [-0.2, -0.15) is 4.39 Å². The van der Waals surface area contributed by atoms with Crippen LogP contribution in [0, 0.1) is 17.8 Å². The number of benzene rings is 1. The molecule has 0 amide bonds. The Morgan fingerprint density at radius 2 is 1.82 bits per heavy atom. The summed E-state index contributed by atoms with van der Waals surface area (Å²) in [6.45, 7) is 3.44. The van der Waals surface area contributed by atoms with Crippen molar-refractivity contribution in [3.63, 3.8) is 0 Å². The number of ketones is 1. The zero-order valence-corrected chi connectivity index (χ0v) is 17.4. The topological polar surface area (TPSA) is 79.9 Å². The van der Waals surface area contributed by atoms with E-state index in [1.54, 1.807) is 38.1 Å². The van der Waals surface area contributed by atoms with Gasteiger partial charge in [0, 0.05) is 18.1 Å². The number of aromatic nitrogens is 2. The van der Waals surface area contributed by atoms with Gasteiger partial charge in [0.15, 0.2) is 21.3 Å². The molecule has 1 atom stereocenters. The molecule has 0 saturated heterocycles. The fourth-order valence-corrected chi connectivity index (χ4v) is 4.53. The van der Waals surface area contributed by atoms with E-state index in [2.05, 4.69) is 9.97 Å². The van der Waals surface area contributed by atoms with Crippen molar-refractivity contribution in [2.75, 3.05) is 6.26 Å². The Morgan fingerprint density at radius 1 is 1.21 bits per heavy atom. The number of hydrogen-bond acceptors (Lipinski definition) is 4. The second-order valence-corrected chi connectivity index (χ2v) is 10.1. The van der Waals surface area contributed by atoms with E-state index in [4.69, 9.17) is 0 Å². The second-order valence-electron chi connectivity index (χ2n) is 8.08. The Labute approximate surface area is 165 Å². The first-order chi connectivity index (χ1) is 13.2. The van der Waals surface area contributed by atoms with Gasteiger partial charge in [-0.1, -0.05) is 51.7 Å². The standard InChI is InChI=1S/C21H27FN2O3S/c1-13(2)19(25)18-20(22)24-21(23-18)17(12-14-6-4-5-7-14)15-8-10-16(11-9-15)28(3,26)27/h8-11,13-14,17H,4-7,12H2,1-3H3,(H,23,24). The molecule has 152 valence electrons. The predicted octanol–water partition coefficient (Wildman–Crippen LogP) is 4.50. The van der Waals surface area contributed by atoms with Crippen LogP contribution in [0.3, 0.4) is 0 Å². The van der Waals surface area contributed by atoms with E-state index in [1.165, 1.54) is 19.1 Å². The minimum Gasteiger partial charge on any atom is -0.318 e. The third-order valence-electron chi connectivity index (χ3n) is 5.52. The van der Waals surface area contributed by atoms with Gasteiger partial charge in [-0.15, -0.1) is 0 Å². The quantitative estimate of drug-likeness (QED) is 0.687.